The van der Waals surface area contributed by atoms with Crippen molar-refractivity contribution in [3.05, 3.63) is 47.7 Å². The van der Waals surface area contributed by atoms with Crippen LogP contribution in [0.3, 0.4) is 0 Å². The predicted molar refractivity (Wildman–Crippen MR) is 86.4 cm³/mol. The number of carbonyl (C=O) groups excluding carboxylic acids is 1. The summed E-state index contributed by atoms with van der Waals surface area (Å²) in [6.07, 6.45) is 1.44. The molecular weight excluding hydrogens is 294 g/mol. The third-order valence-corrected chi connectivity index (χ3v) is 3.41. The summed E-state index contributed by atoms with van der Waals surface area (Å²) < 4.78 is 5.72. The van der Waals surface area contributed by atoms with Gasteiger partial charge in [0, 0.05) is 7.05 Å². The van der Waals surface area contributed by atoms with Gasteiger partial charge >= 0.3 is 0 Å². The molecule has 0 aliphatic rings. The molecule has 0 N–H and O–H groups in total. The number of hydrogen-bond donors (Lipinski definition) is 0. The number of hydrogen-bond acceptors (Lipinski definition) is 5. The van der Waals surface area contributed by atoms with Crippen LogP contribution in [0.25, 0.3) is 0 Å². The van der Waals surface area contributed by atoms with Gasteiger partial charge in [-0.3, -0.25) is 9.63 Å². The zero-order valence-corrected chi connectivity index (χ0v) is 14.0. The number of aromatic nitrogens is 2. The molecule has 122 valence electrons. The number of hydroxylamine groups is 2. The number of ether oxygens (including phenoxy) is 1. The van der Waals surface area contributed by atoms with Gasteiger partial charge in [-0.25, -0.2) is 5.06 Å². The smallest absolute Gasteiger partial charge is 0.282 e. The maximum absolute atomic E-state index is 12.2. The van der Waals surface area contributed by atoms with E-state index in [-0.39, 0.29) is 22.8 Å². The fourth-order valence-corrected chi connectivity index (χ4v) is 1.94. The summed E-state index contributed by atoms with van der Waals surface area (Å²) in [6.45, 7) is 6.43. The van der Waals surface area contributed by atoms with Crippen molar-refractivity contribution in [1.29, 1.82) is 0 Å². The van der Waals surface area contributed by atoms with Crippen molar-refractivity contribution >= 4 is 5.91 Å². The van der Waals surface area contributed by atoms with Crippen molar-refractivity contribution in [2.24, 2.45) is 0 Å². The van der Waals surface area contributed by atoms with Crippen LogP contribution in [0.2, 0.25) is 0 Å². The molecule has 2 aromatic rings. The lowest BCUT2D eigenvalue weighted by Gasteiger charge is -2.19. The molecule has 1 heterocycles. The zero-order valence-electron chi connectivity index (χ0n) is 14.0. The molecule has 0 spiro atoms. The average Bonchev–Trinajstić information content (AvgIpc) is 2.53. The van der Waals surface area contributed by atoms with E-state index in [4.69, 9.17) is 9.57 Å². The minimum atomic E-state index is -0.358. The molecule has 23 heavy (non-hydrogen) atoms. The molecule has 0 aliphatic heterocycles. The predicted octanol–water partition coefficient (Wildman–Crippen LogP) is 3.20. The Kier molecular flexibility index (Phi) is 4.95. The first kappa shape index (κ1) is 16.9. The maximum atomic E-state index is 12.2. The van der Waals surface area contributed by atoms with E-state index in [1.807, 2.05) is 24.3 Å². The van der Waals surface area contributed by atoms with Gasteiger partial charge in [0.1, 0.15) is 11.3 Å². The molecular formula is C17H21N3O3. The fourth-order valence-electron chi connectivity index (χ4n) is 1.94. The van der Waals surface area contributed by atoms with Gasteiger partial charge in [-0.15, -0.1) is 5.10 Å². The minimum absolute atomic E-state index is 0.0629. The Morgan fingerprint density at radius 3 is 2.35 bits per heavy atom. The number of benzene rings is 1. The zero-order chi connectivity index (χ0) is 17.0. The first-order valence-corrected chi connectivity index (χ1v) is 7.25. The topological polar surface area (TPSA) is 64.5 Å². The Balaban J connectivity index is 2.25. The van der Waals surface area contributed by atoms with E-state index in [1.165, 1.54) is 25.9 Å². The molecule has 0 bridgehead atoms. The molecule has 1 amide bonds. The molecule has 0 saturated heterocycles. The van der Waals surface area contributed by atoms with E-state index < -0.39 is 0 Å². The first-order chi connectivity index (χ1) is 10.8. The van der Waals surface area contributed by atoms with Gasteiger partial charge in [-0.2, -0.15) is 5.10 Å². The molecule has 1 aromatic heterocycles. The molecule has 0 saturated carbocycles. The summed E-state index contributed by atoms with van der Waals surface area (Å²) in [6, 6.07) is 9.24. The van der Waals surface area contributed by atoms with Crippen molar-refractivity contribution < 1.29 is 14.4 Å². The van der Waals surface area contributed by atoms with Gasteiger partial charge in [-0.05, 0) is 29.2 Å². The van der Waals surface area contributed by atoms with E-state index in [0.29, 0.717) is 5.75 Å². The van der Waals surface area contributed by atoms with E-state index in [2.05, 4.69) is 31.0 Å². The molecule has 0 radical (unpaired) electrons. The second-order valence-corrected chi connectivity index (χ2v) is 6.11. The quantitative estimate of drug-likeness (QED) is 0.811. The van der Waals surface area contributed by atoms with Crippen LogP contribution in [-0.4, -0.2) is 35.3 Å². The summed E-state index contributed by atoms with van der Waals surface area (Å²) in [5, 5.41) is 8.79. The van der Waals surface area contributed by atoms with Crippen LogP contribution < -0.4 is 4.74 Å². The monoisotopic (exact) mass is 315 g/mol. The normalized spacial score (nSPS) is 11.2. The minimum Gasteiger partial charge on any atom is -0.437 e. The number of nitrogens with zero attached hydrogens (tertiary/aromatic N) is 3. The Hall–Kier alpha value is -2.47. The average molecular weight is 315 g/mol. The maximum Gasteiger partial charge on any atom is 0.282 e. The first-order valence-electron chi connectivity index (χ1n) is 7.25. The second-order valence-electron chi connectivity index (χ2n) is 6.11. The molecule has 6 heteroatoms. The summed E-state index contributed by atoms with van der Waals surface area (Å²) in [5.74, 6) is 0.376. The number of rotatable bonds is 4. The van der Waals surface area contributed by atoms with E-state index in [1.54, 1.807) is 6.07 Å². The standard InChI is InChI=1S/C17H21N3O3/c1-17(2,3)12-6-8-13(9-7-12)23-15-14(10-11-18-19-15)16(21)20(4)22-5/h6-11H,1-5H3. The Bertz CT molecular complexity index is 678. The third-order valence-electron chi connectivity index (χ3n) is 3.41. The van der Waals surface area contributed by atoms with Crippen LogP contribution in [0.5, 0.6) is 11.6 Å². The highest BCUT2D eigenvalue weighted by atomic mass is 16.7. The van der Waals surface area contributed by atoms with Crippen LogP contribution in [0, 0.1) is 0 Å². The summed E-state index contributed by atoms with van der Waals surface area (Å²) >= 11 is 0. The summed E-state index contributed by atoms with van der Waals surface area (Å²) in [7, 11) is 2.93. The van der Waals surface area contributed by atoms with Gasteiger partial charge < -0.3 is 4.74 Å². The SMILES string of the molecule is CON(C)C(=O)c1ccnnc1Oc1ccc(C(C)(C)C)cc1. The molecule has 0 atom stereocenters. The van der Waals surface area contributed by atoms with E-state index >= 15 is 0 Å². The molecule has 0 unspecified atom stereocenters. The second kappa shape index (κ2) is 6.75. The number of carbonyl (C=O) groups is 1. The van der Waals surface area contributed by atoms with Crippen molar-refractivity contribution in [2.75, 3.05) is 14.2 Å². The largest absolute Gasteiger partial charge is 0.437 e. The van der Waals surface area contributed by atoms with Gasteiger partial charge in [0.2, 0.25) is 0 Å². The Labute approximate surface area is 136 Å². The van der Waals surface area contributed by atoms with Crippen molar-refractivity contribution in [2.45, 2.75) is 26.2 Å². The van der Waals surface area contributed by atoms with Crippen LogP contribution in [0.4, 0.5) is 0 Å². The Morgan fingerprint density at radius 2 is 1.78 bits per heavy atom. The highest BCUT2D eigenvalue weighted by Crippen LogP contribution is 2.27. The Morgan fingerprint density at radius 1 is 1.13 bits per heavy atom. The highest BCUT2D eigenvalue weighted by molar-refractivity contribution is 5.95. The molecule has 6 nitrogen and oxygen atoms in total. The van der Waals surface area contributed by atoms with Gasteiger partial charge in [0.15, 0.2) is 0 Å². The molecule has 0 aliphatic carbocycles. The summed E-state index contributed by atoms with van der Waals surface area (Å²) in [4.78, 5) is 17.1. The lowest BCUT2D eigenvalue weighted by Crippen LogP contribution is -2.26. The summed E-state index contributed by atoms with van der Waals surface area (Å²) in [5.41, 5.74) is 1.54. The fraction of sp³-hybridized carbons (Fsp3) is 0.353. The molecule has 1 aromatic carbocycles. The molecule has 0 fully saturated rings. The van der Waals surface area contributed by atoms with Crippen molar-refractivity contribution in [1.82, 2.24) is 15.3 Å². The third kappa shape index (κ3) is 4.04. The number of amides is 1. The van der Waals surface area contributed by atoms with Crippen LogP contribution in [-0.2, 0) is 10.3 Å². The van der Waals surface area contributed by atoms with Crippen LogP contribution in [0.15, 0.2) is 36.5 Å². The van der Waals surface area contributed by atoms with Gasteiger partial charge in [0.05, 0.1) is 13.3 Å². The van der Waals surface area contributed by atoms with Crippen LogP contribution in [0.1, 0.15) is 36.7 Å². The lowest BCUT2D eigenvalue weighted by molar-refractivity contribution is -0.0758. The van der Waals surface area contributed by atoms with Crippen molar-refractivity contribution in [3.63, 3.8) is 0 Å². The molecule has 2 rings (SSSR count). The van der Waals surface area contributed by atoms with Crippen molar-refractivity contribution in [3.8, 4) is 11.6 Å². The van der Waals surface area contributed by atoms with Gasteiger partial charge in [0.25, 0.3) is 11.8 Å². The van der Waals surface area contributed by atoms with Gasteiger partial charge in [-0.1, -0.05) is 32.9 Å². The van der Waals surface area contributed by atoms with E-state index in [9.17, 15) is 4.79 Å². The lowest BCUT2D eigenvalue weighted by atomic mass is 9.87. The van der Waals surface area contributed by atoms with E-state index in [0.717, 1.165) is 5.06 Å². The highest BCUT2D eigenvalue weighted by Gasteiger charge is 2.19. The van der Waals surface area contributed by atoms with Crippen LogP contribution >= 0.6 is 0 Å².